The van der Waals surface area contributed by atoms with Crippen molar-refractivity contribution >= 4 is 28.3 Å². The number of ether oxygens (including phenoxy) is 2. The average Bonchev–Trinajstić information content (AvgIpc) is 3.44. The molecule has 0 aliphatic carbocycles. The topological polar surface area (TPSA) is 87.7 Å². The molecule has 0 radical (unpaired) electrons. The number of benzene rings is 1. The molecule has 6 rings (SSSR count). The number of nitrogens with one attached hydrogen (secondary N) is 1. The number of oxime groups is 1. The maximum Gasteiger partial charge on any atom is 0.238 e. The molecule has 4 aromatic rings. The fraction of sp³-hybridized carbons (Fsp3) is 0.320. The summed E-state index contributed by atoms with van der Waals surface area (Å²) in [5.74, 6) is 0.998. The van der Waals surface area contributed by atoms with E-state index >= 15 is 0 Å². The van der Waals surface area contributed by atoms with Crippen molar-refractivity contribution in [1.29, 1.82) is 0 Å². The molecule has 3 aromatic heterocycles. The Kier molecular flexibility index (Phi) is 5.38. The quantitative estimate of drug-likeness (QED) is 0.461. The molecule has 1 aromatic carbocycles. The molecule has 5 heterocycles. The maximum absolute atomic E-state index is 6.41. The number of imidazole rings is 1. The minimum Gasteiger partial charge on any atom is -0.479 e. The number of hydrogen-bond acceptors (Lipinski definition) is 7. The van der Waals surface area contributed by atoms with Gasteiger partial charge in [-0.2, -0.15) is 0 Å². The molecule has 0 amide bonds. The third-order valence-electron chi connectivity index (χ3n) is 6.52. The number of methoxy groups -OCH3 is 1. The molecule has 35 heavy (non-hydrogen) atoms. The summed E-state index contributed by atoms with van der Waals surface area (Å²) in [5, 5.41) is 9.69. The average molecular weight is 493 g/mol. The van der Waals surface area contributed by atoms with Gasteiger partial charge in [-0.05, 0) is 44.2 Å². The van der Waals surface area contributed by atoms with Gasteiger partial charge < -0.3 is 28.8 Å². The lowest BCUT2D eigenvalue weighted by Gasteiger charge is -2.31. The Morgan fingerprint density at radius 2 is 2.11 bits per heavy atom. The van der Waals surface area contributed by atoms with Crippen molar-refractivity contribution < 1.29 is 14.3 Å². The minimum atomic E-state index is -0.218. The van der Waals surface area contributed by atoms with Crippen LogP contribution in [0.25, 0.3) is 16.6 Å². The first-order chi connectivity index (χ1) is 17.0. The zero-order valence-electron chi connectivity index (χ0n) is 19.7. The second-order valence-corrected chi connectivity index (χ2v) is 9.18. The Balaban J connectivity index is 1.40. The second-order valence-electron chi connectivity index (χ2n) is 8.75. The van der Waals surface area contributed by atoms with E-state index in [0.29, 0.717) is 35.6 Å². The highest BCUT2D eigenvalue weighted by molar-refractivity contribution is 6.31. The van der Waals surface area contributed by atoms with Crippen molar-refractivity contribution in [3.8, 4) is 11.6 Å². The van der Waals surface area contributed by atoms with Gasteiger partial charge in [-0.3, -0.25) is 0 Å². The highest BCUT2D eigenvalue weighted by atomic mass is 35.5. The second kappa shape index (κ2) is 8.58. The first kappa shape index (κ1) is 21.9. The van der Waals surface area contributed by atoms with Gasteiger partial charge in [0.05, 0.1) is 44.1 Å². The zero-order valence-corrected chi connectivity index (χ0v) is 20.4. The van der Waals surface area contributed by atoms with E-state index in [2.05, 4.69) is 26.1 Å². The van der Waals surface area contributed by atoms with Gasteiger partial charge in [-0.1, -0.05) is 16.8 Å². The third-order valence-corrected chi connectivity index (χ3v) is 6.76. The lowest BCUT2D eigenvalue weighted by atomic mass is 9.97. The van der Waals surface area contributed by atoms with Crippen LogP contribution in [-0.4, -0.2) is 44.8 Å². The lowest BCUT2D eigenvalue weighted by molar-refractivity contribution is 0.0324. The van der Waals surface area contributed by atoms with E-state index in [1.165, 1.54) is 0 Å². The van der Waals surface area contributed by atoms with E-state index in [4.69, 9.17) is 30.9 Å². The van der Waals surface area contributed by atoms with Crippen molar-refractivity contribution in [2.24, 2.45) is 5.16 Å². The van der Waals surface area contributed by atoms with Crippen LogP contribution < -0.4 is 10.1 Å². The van der Waals surface area contributed by atoms with Crippen LogP contribution >= 0.6 is 11.6 Å². The Bertz CT molecular complexity index is 1460. The van der Waals surface area contributed by atoms with Crippen molar-refractivity contribution in [3.63, 3.8) is 0 Å². The summed E-state index contributed by atoms with van der Waals surface area (Å²) in [6.45, 7) is 5.95. The number of fused-ring (bicyclic) bond motifs is 3. The number of aryl methyl sites for hydroxylation is 1. The largest absolute Gasteiger partial charge is 0.479 e. The predicted molar refractivity (Wildman–Crippen MR) is 132 cm³/mol. The molecule has 10 heteroatoms. The number of hydrogen-bond donors (Lipinski definition) is 1. The summed E-state index contributed by atoms with van der Waals surface area (Å²) in [4.78, 5) is 14.9. The van der Waals surface area contributed by atoms with E-state index < -0.39 is 0 Å². The van der Waals surface area contributed by atoms with Gasteiger partial charge in [0.2, 0.25) is 5.88 Å². The number of rotatable bonds is 4. The van der Waals surface area contributed by atoms with Crippen molar-refractivity contribution in [1.82, 2.24) is 24.4 Å². The van der Waals surface area contributed by atoms with Gasteiger partial charge in [-0.15, -0.1) is 0 Å². The lowest BCUT2D eigenvalue weighted by Crippen LogP contribution is -2.41. The number of aromatic nitrogens is 4. The molecule has 0 fully saturated rings. The molecule has 1 N–H and O–H groups in total. The summed E-state index contributed by atoms with van der Waals surface area (Å²) in [7, 11) is 1.60. The predicted octanol–water partition coefficient (Wildman–Crippen LogP) is 4.13. The number of nitrogens with zero attached hydrogens (tertiary/aromatic N) is 5. The van der Waals surface area contributed by atoms with Gasteiger partial charge in [0.1, 0.15) is 17.5 Å². The summed E-state index contributed by atoms with van der Waals surface area (Å²) >= 11 is 6.41. The number of pyridine rings is 1. The van der Waals surface area contributed by atoms with E-state index in [0.717, 1.165) is 40.1 Å². The van der Waals surface area contributed by atoms with Gasteiger partial charge in [-0.25, -0.2) is 9.97 Å². The Morgan fingerprint density at radius 3 is 2.91 bits per heavy atom. The summed E-state index contributed by atoms with van der Waals surface area (Å²) in [6.07, 6.45) is 3.44. The zero-order chi connectivity index (χ0) is 24.1. The van der Waals surface area contributed by atoms with E-state index in [1.807, 2.05) is 48.9 Å². The van der Waals surface area contributed by atoms with E-state index in [9.17, 15) is 0 Å². The van der Waals surface area contributed by atoms with Crippen LogP contribution in [0.4, 0.5) is 0 Å². The molecular formula is C25H25ClN6O3. The molecule has 0 saturated heterocycles. The molecule has 0 bridgehead atoms. The number of halogens is 1. The molecule has 180 valence electrons. The van der Waals surface area contributed by atoms with Gasteiger partial charge in [0, 0.05) is 34.2 Å². The molecule has 0 spiro atoms. The van der Waals surface area contributed by atoms with Crippen LogP contribution in [-0.2, 0) is 22.7 Å². The monoisotopic (exact) mass is 492 g/mol. The van der Waals surface area contributed by atoms with Crippen molar-refractivity contribution in [2.75, 3.05) is 13.7 Å². The van der Waals surface area contributed by atoms with Crippen molar-refractivity contribution in [3.05, 3.63) is 70.5 Å². The van der Waals surface area contributed by atoms with Crippen molar-refractivity contribution in [2.45, 2.75) is 39.1 Å². The van der Waals surface area contributed by atoms with Crippen LogP contribution in [0.5, 0.6) is 5.88 Å². The smallest absolute Gasteiger partial charge is 0.238 e. The van der Waals surface area contributed by atoms with Gasteiger partial charge in [0.25, 0.3) is 0 Å². The summed E-state index contributed by atoms with van der Waals surface area (Å²) in [6, 6.07) is 9.66. The van der Waals surface area contributed by atoms with Crippen LogP contribution in [0, 0.1) is 6.92 Å². The highest BCUT2D eigenvalue weighted by Crippen LogP contribution is 2.38. The van der Waals surface area contributed by atoms with Crippen LogP contribution in [0.1, 0.15) is 35.6 Å². The Labute approximate surface area is 207 Å². The third kappa shape index (κ3) is 3.71. The van der Waals surface area contributed by atoms with Gasteiger partial charge >= 0.3 is 0 Å². The summed E-state index contributed by atoms with van der Waals surface area (Å²) < 4.78 is 15.6. The number of amidine groups is 1. The normalized spacial score (nSPS) is 19.6. The molecule has 2 aliphatic rings. The van der Waals surface area contributed by atoms with Crippen LogP contribution in [0.3, 0.4) is 0 Å². The molecule has 2 aliphatic heterocycles. The van der Waals surface area contributed by atoms with Crippen LogP contribution in [0.15, 0.2) is 48.0 Å². The molecule has 9 nitrogen and oxygen atoms in total. The fourth-order valence-corrected chi connectivity index (χ4v) is 5.04. The molecular weight excluding hydrogens is 468 g/mol. The van der Waals surface area contributed by atoms with E-state index in [1.54, 1.807) is 13.4 Å². The minimum absolute atomic E-state index is 0.176. The standard InChI is InChI=1S/C25H25ClN6O3/c1-14-11-31(13-27-14)20-7-5-18(28-25(20)33-3)24-29-23(15(2)35-30-24)22-17-10-16(26)4-6-19(17)32-8-9-34-12-21(22)32/h4-7,10-11,13,15,23H,8-9,12H2,1-3H3,(H,29,30). The molecule has 2 atom stereocenters. The van der Waals surface area contributed by atoms with Crippen LogP contribution in [0.2, 0.25) is 5.02 Å². The highest BCUT2D eigenvalue weighted by Gasteiger charge is 2.34. The van der Waals surface area contributed by atoms with E-state index in [-0.39, 0.29) is 12.1 Å². The fourth-order valence-electron chi connectivity index (χ4n) is 4.87. The first-order valence-corrected chi connectivity index (χ1v) is 11.9. The molecule has 0 saturated carbocycles. The van der Waals surface area contributed by atoms with Gasteiger partial charge in [0.15, 0.2) is 5.84 Å². The first-order valence-electron chi connectivity index (χ1n) is 11.5. The Morgan fingerprint density at radius 1 is 1.23 bits per heavy atom. The SMILES string of the molecule is COc1nc(C2=NOC(C)C(c3c4n(c5ccc(Cl)cc35)CCOC4)N2)ccc1-n1cnc(C)c1. The Hall–Kier alpha value is -3.56. The maximum atomic E-state index is 6.41. The molecule has 2 unspecified atom stereocenters. The summed E-state index contributed by atoms with van der Waals surface area (Å²) in [5.41, 5.74) is 5.69.